The van der Waals surface area contributed by atoms with Gasteiger partial charge >= 0.3 is 0 Å². The zero-order valence-corrected chi connectivity index (χ0v) is 8.25. The fourth-order valence-electron chi connectivity index (χ4n) is 1.52. The molecule has 60 valence electrons. The van der Waals surface area contributed by atoms with Gasteiger partial charge in [-0.15, -0.1) is 0 Å². The molecule has 0 aromatic heterocycles. The van der Waals surface area contributed by atoms with Gasteiger partial charge in [-0.25, -0.2) is 0 Å². The molecule has 1 heterocycles. The van der Waals surface area contributed by atoms with Crippen LogP contribution in [0.2, 0.25) is 12.1 Å². The van der Waals surface area contributed by atoms with Crippen LogP contribution in [-0.4, -0.2) is 15.6 Å². The highest BCUT2D eigenvalue weighted by molar-refractivity contribution is 6.52. The summed E-state index contributed by atoms with van der Waals surface area (Å²) in [5.41, 5.74) is 0. The molecule has 0 bridgehead atoms. The Morgan fingerprint density at radius 3 is 2.70 bits per heavy atom. The minimum absolute atomic E-state index is 0.684. The molecule has 10 heavy (non-hydrogen) atoms. The average Bonchev–Trinajstić information content (AvgIpc) is 1.88. The third-order valence-corrected chi connectivity index (χ3v) is 5.24. The van der Waals surface area contributed by atoms with E-state index in [1.165, 1.54) is 24.9 Å². The van der Waals surface area contributed by atoms with E-state index in [4.69, 9.17) is 4.43 Å². The van der Waals surface area contributed by atoms with E-state index in [9.17, 15) is 0 Å². The molecule has 0 radical (unpaired) electrons. The zero-order valence-electron chi connectivity index (χ0n) is 7.10. The van der Waals surface area contributed by atoms with Crippen LogP contribution in [0.5, 0.6) is 0 Å². The van der Waals surface area contributed by atoms with Crippen LogP contribution in [0.1, 0.15) is 26.7 Å². The van der Waals surface area contributed by atoms with Crippen molar-refractivity contribution in [3.05, 3.63) is 0 Å². The number of rotatable bonds is 2. The van der Waals surface area contributed by atoms with Crippen LogP contribution in [0, 0.1) is 5.92 Å². The lowest BCUT2D eigenvalue weighted by Gasteiger charge is -2.22. The molecule has 1 atom stereocenters. The van der Waals surface area contributed by atoms with Gasteiger partial charge in [-0.3, -0.25) is 0 Å². The molecule has 0 spiro atoms. The van der Waals surface area contributed by atoms with E-state index in [0.717, 1.165) is 12.5 Å². The highest BCUT2D eigenvalue weighted by atomic mass is 28.3. The van der Waals surface area contributed by atoms with Crippen LogP contribution in [0.15, 0.2) is 0 Å². The summed E-state index contributed by atoms with van der Waals surface area (Å²) in [6.45, 7) is 5.65. The van der Waals surface area contributed by atoms with Crippen molar-refractivity contribution in [2.24, 2.45) is 5.92 Å². The second-order valence-corrected chi connectivity index (χ2v) is 6.24. The van der Waals surface area contributed by atoms with Gasteiger partial charge in [0.05, 0.1) is 0 Å². The Bertz CT molecular complexity index is 87.3. The quantitative estimate of drug-likeness (QED) is 0.560. The number of hydrogen-bond donors (Lipinski definition) is 0. The Hall–Kier alpha value is 0.177. The monoisotopic (exact) mass is 158 g/mol. The average molecular weight is 158 g/mol. The predicted molar refractivity (Wildman–Crippen MR) is 46.8 cm³/mol. The first-order chi connectivity index (χ1) is 4.79. The van der Waals surface area contributed by atoms with Gasteiger partial charge in [-0.05, 0) is 24.4 Å². The van der Waals surface area contributed by atoms with Crippen molar-refractivity contribution in [3.8, 4) is 0 Å². The highest BCUT2D eigenvalue weighted by Gasteiger charge is 2.16. The molecular weight excluding hydrogens is 140 g/mol. The van der Waals surface area contributed by atoms with Gasteiger partial charge in [-0.2, -0.15) is 0 Å². The molecule has 0 aromatic rings. The molecule has 1 aliphatic heterocycles. The zero-order chi connectivity index (χ0) is 7.40. The van der Waals surface area contributed by atoms with Crippen LogP contribution in [0.25, 0.3) is 0 Å². The van der Waals surface area contributed by atoms with E-state index in [0.29, 0.717) is 0 Å². The second kappa shape index (κ2) is 4.14. The molecule has 1 unspecified atom stereocenters. The first-order valence-electron chi connectivity index (χ1n) is 4.40. The van der Waals surface area contributed by atoms with Crippen molar-refractivity contribution in [3.63, 3.8) is 0 Å². The first-order valence-corrected chi connectivity index (χ1v) is 6.51. The topological polar surface area (TPSA) is 9.23 Å². The molecule has 1 fully saturated rings. The van der Waals surface area contributed by atoms with Crippen molar-refractivity contribution in [1.29, 1.82) is 0 Å². The van der Waals surface area contributed by atoms with Crippen LogP contribution in [-0.2, 0) is 4.43 Å². The van der Waals surface area contributed by atoms with E-state index >= 15 is 0 Å². The molecular formula is C8H18OSi. The summed E-state index contributed by atoms with van der Waals surface area (Å²) < 4.78 is 5.73. The van der Waals surface area contributed by atoms with Gasteiger partial charge in [0.15, 0.2) is 9.04 Å². The molecule has 0 aliphatic carbocycles. The fraction of sp³-hybridized carbons (Fsp3) is 1.00. The third kappa shape index (κ3) is 2.84. The van der Waals surface area contributed by atoms with Gasteiger partial charge < -0.3 is 4.43 Å². The Morgan fingerprint density at radius 1 is 1.40 bits per heavy atom. The fourth-order valence-corrected chi connectivity index (χ4v) is 4.35. The van der Waals surface area contributed by atoms with Crippen molar-refractivity contribution in [2.45, 2.75) is 38.8 Å². The third-order valence-electron chi connectivity index (χ3n) is 2.01. The SMILES string of the molecule is CC(C)C[SiH]1CCCCO1. The first kappa shape index (κ1) is 8.28. The summed E-state index contributed by atoms with van der Waals surface area (Å²) in [6, 6.07) is 2.82. The van der Waals surface area contributed by atoms with Crippen molar-refractivity contribution >= 4 is 9.04 Å². The van der Waals surface area contributed by atoms with Gasteiger partial charge in [0.1, 0.15) is 0 Å². The normalized spacial score (nSPS) is 27.3. The van der Waals surface area contributed by atoms with E-state index in [-0.39, 0.29) is 0 Å². The van der Waals surface area contributed by atoms with Crippen molar-refractivity contribution < 1.29 is 4.43 Å². The van der Waals surface area contributed by atoms with Crippen LogP contribution in [0.3, 0.4) is 0 Å². The van der Waals surface area contributed by atoms with Gasteiger partial charge in [0.2, 0.25) is 0 Å². The van der Waals surface area contributed by atoms with Crippen LogP contribution in [0.4, 0.5) is 0 Å². The smallest absolute Gasteiger partial charge is 0.177 e. The molecule has 0 N–H and O–H groups in total. The Kier molecular flexibility index (Phi) is 3.42. The van der Waals surface area contributed by atoms with Gasteiger partial charge in [-0.1, -0.05) is 20.3 Å². The van der Waals surface area contributed by atoms with Crippen molar-refractivity contribution in [1.82, 2.24) is 0 Å². The van der Waals surface area contributed by atoms with Crippen LogP contribution < -0.4 is 0 Å². The Balaban J connectivity index is 2.13. The molecule has 1 nitrogen and oxygen atoms in total. The Morgan fingerprint density at radius 2 is 2.20 bits per heavy atom. The second-order valence-electron chi connectivity index (χ2n) is 3.62. The minimum Gasteiger partial charge on any atom is -0.420 e. The number of hydrogen-bond acceptors (Lipinski definition) is 1. The molecule has 2 heteroatoms. The maximum Gasteiger partial charge on any atom is 0.177 e. The molecule has 0 aromatic carbocycles. The van der Waals surface area contributed by atoms with Gasteiger partial charge in [0, 0.05) is 6.61 Å². The lowest BCUT2D eigenvalue weighted by atomic mass is 10.3. The maximum absolute atomic E-state index is 5.73. The van der Waals surface area contributed by atoms with E-state index in [1.54, 1.807) is 0 Å². The van der Waals surface area contributed by atoms with Crippen molar-refractivity contribution in [2.75, 3.05) is 6.61 Å². The lowest BCUT2D eigenvalue weighted by Crippen LogP contribution is -2.24. The summed E-state index contributed by atoms with van der Waals surface area (Å²) >= 11 is 0. The largest absolute Gasteiger partial charge is 0.420 e. The molecule has 0 amide bonds. The summed E-state index contributed by atoms with van der Waals surface area (Å²) in [5, 5.41) is 0. The summed E-state index contributed by atoms with van der Waals surface area (Å²) in [4.78, 5) is 0. The predicted octanol–water partition coefficient (Wildman–Crippen LogP) is 2.18. The lowest BCUT2D eigenvalue weighted by molar-refractivity contribution is 0.283. The molecule has 1 rings (SSSR count). The van der Waals surface area contributed by atoms with Crippen LogP contribution >= 0.6 is 0 Å². The van der Waals surface area contributed by atoms with E-state index < -0.39 is 9.04 Å². The summed E-state index contributed by atoms with van der Waals surface area (Å²) in [7, 11) is -0.684. The van der Waals surface area contributed by atoms with Gasteiger partial charge in [0.25, 0.3) is 0 Å². The van der Waals surface area contributed by atoms with E-state index in [2.05, 4.69) is 13.8 Å². The summed E-state index contributed by atoms with van der Waals surface area (Å²) in [6.07, 6.45) is 2.74. The molecule has 1 aliphatic rings. The molecule has 1 saturated heterocycles. The molecule has 0 saturated carbocycles. The Labute approximate surface area is 65.5 Å². The highest BCUT2D eigenvalue weighted by Crippen LogP contribution is 2.17. The van der Waals surface area contributed by atoms with E-state index in [1.807, 2.05) is 0 Å². The standard InChI is InChI=1S/C8H18OSi/c1-8(2)7-10-6-4-3-5-9-10/h8,10H,3-7H2,1-2H3. The summed E-state index contributed by atoms with van der Waals surface area (Å²) in [5.74, 6) is 0.856. The maximum atomic E-state index is 5.73. The minimum atomic E-state index is -0.684.